The van der Waals surface area contributed by atoms with E-state index >= 15 is 0 Å². The van der Waals surface area contributed by atoms with E-state index in [1.807, 2.05) is 204 Å². The van der Waals surface area contributed by atoms with Gasteiger partial charge in [0.05, 0.1) is 113 Å². The molecule has 734 valence electrons. The Morgan fingerprint density at radius 3 is 0.931 bits per heavy atom. The number of ether oxygens (including phenoxy) is 2. The summed E-state index contributed by atoms with van der Waals surface area (Å²) in [5, 5.41) is 77.0. The summed E-state index contributed by atoms with van der Waals surface area (Å²) >= 11 is 10.6. The summed E-state index contributed by atoms with van der Waals surface area (Å²) in [4.78, 5) is 43.1. The molecule has 39 heteroatoms. The molecule has 0 saturated carbocycles. The third kappa shape index (κ3) is 19.9. The average Bonchev–Trinajstić information content (AvgIpc) is 1.57. The van der Waals surface area contributed by atoms with Gasteiger partial charge in [-0.2, -0.15) is 21.6 Å². The third-order valence-corrected chi connectivity index (χ3v) is 35.3. The van der Waals surface area contributed by atoms with Gasteiger partial charge in [0.25, 0.3) is 22.7 Å². The van der Waals surface area contributed by atoms with Crippen LogP contribution in [0.3, 0.4) is 0 Å². The molecule has 25 nitrogen and oxygen atoms in total. The Morgan fingerprint density at radius 2 is 0.549 bits per heavy atom. The van der Waals surface area contributed by atoms with Crippen LogP contribution in [0.5, 0.6) is 28.7 Å². The number of benzene rings is 14. The molecule has 3 saturated heterocycles. The lowest BCUT2D eigenvalue weighted by molar-refractivity contribution is -0.383. The zero-order chi connectivity index (χ0) is 103. The highest BCUT2D eigenvalue weighted by Gasteiger charge is 2.64. The number of nitrogens with zero attached hydrogens (tertiary/aromatic N) is 4. The molecule has 0 amide bonds. The summed E-state index contributed by atoms with van der Waals surface area (Å²) in [7, 11) is -4.07. The normalized spacial score (nSPS) is 15.3. The number of fused-ring (bicyclic) bond motifs is 21. The van der Waals surface area contributed by atoms with Crippen molar-refractivity contribution < 1.29 is 93.1 Å². The molecule has 3 fully saturated rings. The van der Waals surface area contributed by atoms with Crippen molar-refractivity contribution in [1.82, 2.24) is 0 Å². The standard InChI is InChI=1S/C18H18BNO4S.C13H6F3NO5S2.C13H9NO3S.C13H10OS.C12H24B2O4.C12H7NO3S.C12H8OS.C12H8S/c1-17(2)18(3,4)24-19(23-17)12-9-10-13(20(21)22)15-11-7-5-6-8-14(11)25-16(12)15;14-13(15,16)24(20,21)22-9-6-5-8(17(18)19)11-7-3-1-2-4-10(7)23-12(9)11;1-17-10-7-6-9(14(15)16)12-8-4-2-3-5-11(8)18-13(10)12;1-14-11-7-4-6-10-9-5-2-3-8-12(9)15-13(10)11;1-9(2)10(3,4)16-13(15-9)14-17-11(5,6)12(7,8)18-14;14-9-6-5-8(13(15)16)11-7-3-1-2-4-10(7)17-12(9)11;13-10-6-3-5-9-8-4-1-2-7-11(8)14-12(9)10;1-3-7-11-9(5-1)10-6-2-4-8-12(10)13-11/h5-10H,1-4H3;1-6H;2-7H,1H3;2-8H,1H3;1-8H3;1-6,14H;1-7,13H;1-8H. The summed E-state index contributed by atoms with van der Waals surface area (Å²) in [5.41, 5.74) is -7.17. The van der Waals surface area contributed by atoms with E-state index in [4.69, 9.17) is 37.4 Å². The number of aromatic hydroxyl groups is 2. The molecule has 7 aromatic heterocycles. The summed E-state index contributed by atoms with van der Waals surface area (Å²) < 4.78 is 124. The number of phenolic OH excluding ortho intramolecular Hbond substituents is 2. The van der Waals surface area contributed by atoms with Gasteiger partial charge in [-0.25, -0.2) is 0 Å². The lowest BCUT2D eigenvalue weighted by Gasteiger charge is -2.32. The highest BCUT2D eigenvalue weighted by atomic mass is 32.2. The van der Waals surface area contributed by atoms with Gasteiger partial charge in [-0.15, -0.1) is 79.4 Å². The van der Waals surface area contributed by atoms with Crippen LogP contribution >= 0.6 is 79.4 Å². The SMILES string of the molecule is CC1(C)OB(B2OC(C)(C)C(C)(C)O2)OC1(C)C.CC1(C)OB(c2ccc([N+](=O)[O-])c3c2sc2ccccc23)OC1(C)C.COc1ccc([N+](=O)[O-])c2c1sc1ccccc12.COc1cccc2c1sc1ccccc12.O=[N+]([O-])c1ccc(O)c2sc3ccccc3c12.O=[N+]([O-])c1ccc(OS(=O)(=O)C(F)(F)F)c2sc3ccccc3c12.Oc1cccc2c1sc1ccccc12.c1ccc2c(c1)sc1ccccc12. The molecule has 10 heterocycles. The number of methoxy groups -OCH3 is 2. The molecule has 0 bridgehead atoms. The fraction of sp³-hybridized carbons (Fsp3) is 0.200. The molecule has 14 aromatic carbocycles. The monoisotopic (exact) mass is 2090 g/mol. The van der Waals surface area contributed by atoms with Gasteiger partial charge < -0.3 is 51.8 Å². The molecule has 3 aliphatic heterocycles. The molecule has 0 radical (unpaired) electrons. The van der Waals surface area contributed by atoms with E-state index in [1.54, 1.807) is 96.8 Å². The molecule has 0 atom stereocenters. The predicted octanol–water partition coefficient (Wildman–Crippen LogP) is 30.2. The van der Waals surface area contributed by atoms with Crippen LogP contribution in [0.1, 0.15) is 83.1 Å². The van der Waals surface area contributed by atoms with Crippen molar-refractivity contribution in [3.8, 4) is 28.7 Å². The topological polar surface area (TPSA) is 330 Å². The molecule has 0 unspecified atom stereocenters. The fourth-order valence-corrected chi connectivity index (χ4v) is 25.4. The van der Waals surface area contributed by atoms with Gasteiger partial charge in [-0.3, -0.25) is 40.5 Å². The zero-order valence-corrected chi connectivity index (χ0v) is 86.2. The minimum atomic E-state index is -5.88. The number of thiophene rings is 7. The molecule has 144 heavy (non-hydrogen) atoms. The second kappa shape index (κ2) is 40.1. The first-order chi connectivity index (χ1) is 68.3. The molecular formula is C105H90B3F3N4O21S8. The largest absolute Gasteiger partial charge is 0.534 e. The minimum absolute atomic E-state index is 0.0373. The molecule has 2 N–H and O–H groups in total. The first kappa shape index (κ1) is 102. The Balaban J connectivity index is 0.000000114. The number of alkyl halides is 3. The van der Waals surface area contributed by atoms with Crippen LogP contribution in [-0.2, 0) is 38.0 Å². The van der Waals surface area contributed by atoms with Crippen LogP contribution in [0.25, 0.3) is 141 Å². The first-order valence-electron chi connectivity index (χ1n) is 44.9. The summed E-state index contributed by atoms with van der Waals surface area (Å²) in [6.45, 7) is 24.2. The van der Waals surface area contributed by atoms with Crippen molar-refractivity contribution in [2.75, 3.05) is 14.2 Å². The molecule has 21 aromatic rings. The van der Waals surface area contributed by atoms with Crippen molar-refractivity contribution >= 4 is 280 Å². The number of halogens is 3. The van der Waals surface area contributed by atoms with E-state index in [0.29, 0.717) is 42.4 Å². The van der Waals surface area contributed by atoms with Gasteiger partial charge >= 0.3 is 36.8 Å². The molecule has 0 aliphatic carbocycles. The van der Waals surface area contributed by atoms with Crippen molar-refractivity contribution in [2.24, 2.45) is 0 Å². The second-order valence-corrected chi connectivity index (χ2v) is 45.4. The van der Waals surface area contributed by atoms with Crippen LogP contribution in [0.4, 0.5) is 35.9 Å². The van der Waals surface area contributed by atoms with E-state index in [9.17, 15) is 72.3 Å². The van der Waals surface area contributed by atoms with E-state index in [0.717, 1.165) is 84.4 Å². The maximum absolute atomic E-state index is 12.5. The van der Waals surface area contributed by atoms with Gasteiger partial charge in [-0.05, 0) is 162 Å². The predicted molar refractivity (Wildman–Crippen MR) is 582 cm³/mol. The van der Waals surface area contributed by atoms with E-state index in [-0.39, 0.29) is 70.8 Å². The Labute approximate surface area is 851 Å². The van der Waals surface area contributed by atoms with E-state index < -0.39 is 63.6 Å². The number of nitro benzene ring substituents is 4. The summed E-state index contributed by atoms with van der Waals surface area (Å²) in [6, 6.07) is 85.9. The number of nitro groups is 4. The molecule has 3 aliphatic rings. The Hall–Kier alpha value is -13.1. The quantitative estimate of drug-likeness (QED) is 0.0422. The smallest absolute Gasteiger partial charge is 0.506 e. The van der Waals surface area contributed by atoms with Crippen molar-refractivity contribution in [2.45, 2.75) is 122 Å². The van der Waals surface area contributed by atoms with Gasteiger partial charge in [0.1, 0.15) is 23.0 Å². The zero-order valence-electron chi connectivity index (χ0n) is 79.6. The number of hydrogen-bond donors (Lipinski definition) is 2. The van der Waals surface area contributed by atoms with Crippen LogP contribution in [0.15, 0.2) is 279 Å². The van der Waals surface area contributed by atoms with Gasteiger partial charge in [-0.1, -0.05) is 176 Å². The van der Waals surface area contributed by atoms with Crippen molar-refractivity contribution in [1.29, 1.82) is 0 Å². The van der Waals surface area contributed by atoms with Crippen LogP contribution in [0.2, 0.25) is 0 Å². The number of non-ortho nitro benzene ring substituents is 4. The molecular weight excluding hydrogens is 2000 g/mol. The molecule has 0 spiro atoms. The van der Waals surface area contributed by atoms with E-state index in [2.05, 4.69) is 95.2 Å². The second-order valence-electron chi connectivity index (χ2n) is 36.5. The maximum Gasteiger partial charge on any atom is 0.534 e. The lowest BCUT2D eigenvalue weighted by Crippen LogP contribution is -2.41. The Morgan fingerprint density at radius 1 is 0.292 bits per heavy atom. The highest BCUT2D eigenvalue weighted by molar-refractivity contribution is 7.88. The Kier molecular flexibility index (Phi) is 28.5. The van der Waals surface area contributed by atoms with E-state index in [1.165, 1.54) is 91.3 Å². The van der Waals surface area contributed by atoms with Crippen molar-refractivity contribution in [3.63, 3.8) is 0 Å². The fourth-order valence-electron chi connectivity index (χ4n) is 16.6. The Bertz CT molecular complexity index is 8580. The van der Waals surface area contributed by atoms with Crippen LogP contribution in [-0.4, -0.2) is 113 Å². The number of rotatable bonds is 10. The van der Waals surface area contributed by atoms with Crippen LogP contribution in [0, 0.1) is 40.5 Å². The van der Waals surface area contributed by atoms with Gasteiger partial charge in [0.2, 0.25) is 0 Å². The summed E-state index contributed by atoms with van der Waals surface area (Å²) in [6.07, 6.45) is 0. The number of hydrogen-bond acceptors (Lipinski definition) is 28. The average molecular weight is 2090 g/mol. The third-order valence-electron chi connectivity index (χ3n) is 26.0. The summed E-state index contributed by atoms with van der Waals surface area (Å²) in [5.74, 6) is 1.51. The molecule has 24 rings (SSSR count). The maximum atomic E-state index is 12.5. The first-order valence-corrected chi connectivity index (χ1v) is 52.0. The lowest BCUT2D eigenvalue weighted by atomic mass is 9.49. The number of phenols is 2. The van der Waals surface area contributed by atoms with Gasteiger partial charge in [0.15, 0.2) is 5.75 Å². The van der Waals surface area contributed by atoms with Crippen molar-refractivity contribution in [3.05, 3.63) is 320 Å². The van der Waals surface area contributed by atoms with Crippen LogP contribution < -0.4 is 19.1 Å². The highest BCUT2D eigenvalue weighted by Crippen LogP contribution is 2.52. The van der Waals surface area contributed by atoms with Gasteiger partial charge in [0, 0.05) is 126 Å². The minimum Gasteiger partial charge on any atom is -0.506 e.